The zero-order valence-electron chi connectivity index (χ0n) is 10.3. The number of rotatable bonds is 4. The van der Waals surface area contributed by atoms with Gasteiger partial charge < -0.3 is 4.74 Å². The van der Waals surface area contributed by atoms with E-state index in [0.29, 0.717) is 13.2 Å². The number of hydrogen-bond donors (Lipinski definition) is 0. The molecule has 0 saturated heterocycles. The highest BCUT2D eigenvalue weighted by Crippen LogP contribution is 2.25. The monoisotopic (exact) mass is 243 g/mol. The Morgan fingerprint density at radius 1 is 1.39 bits per heavy atom. The smallest absolute Gasteiger partial charge is 0.411 e. The predicted octanol–water partition coefficient (Wildman–Crippen LogP) is 2.81. The Bertz CT molecular complexity index is 432. The number of amides is 1. The molecule has 18 heavy (non-hydrogen) atoms. The Labute approximate surface area is 108 Å². The average molecular weight is 243 g/mol. The van der Waals surface area contributed by atoms with Crippen LogP contribution in [0.3, 0.4) is 0 Å². The van der Waals surface area contributed by atoms with Crippen molar-refractivity contribution >= 4 is 6.09 Å². The van der Waals surface area contributed by atoms with Crippen molar-refractivity contribution in [1.29, 1.82) is 0 Å². The van der Waals surface area contributed by atoms with Gasteiger partial charge in [-0.1, -0.05) is 36.3 Å². The fourth-order valence-corrected chi connectivity index (χ4v) is 1.94. The first kappa shape index (κ1) is 12.5. The van der Waals surface area contributed by atoms with Gasteiger partial charge in [0.25, 0.3) is 0 Å². The van der Waals surface area contributed by atoms with Gasteiger partial charge in [0.05, 0.1) is 6.54 Å². The number of nitrogens with zero attached hydrogens (tertiary/aromatic N) is 1. The van der Waals surface area contributed by atoms with Gasteiger partial charge in [-0.2, -0.15) is 0 Å². The van der Waals surface area contributed by atoms with E-state index in [2.05, 4.69) is 5.92 Å². The van der Waals surface area contributed by atoms with Gasteiger partial charge >= 0.3 is 6.09 Å². The average Bonchev–Trinajstić information content (AvgIpc) is 2.34. The summed E-state index contributed by atoms with van der Waals surface area (Å²) in [6.45, 7) is 0.631. The van der Waals surface area contributed by atoms with Gasteiger partial charge in [0.1, 0.15) is 6.61 Å². The van der Waals surface area contributed by atoms with E-state index in [1.165, 1.54) is 0 Å². The van der Waals surface area contributed by atoms with Crippen molar-refractivity contribution in [2.45, 2.75) is 31.9 Å². The van der Waals surface area contributed by atoms with Crippen LogP contribution in [0.25, 0.3) is 0 Å². The van der Waals surface area contributed by atoms with Gasteiger partial charge in [0.2, 0.25) is 0 Å². The lowest BCUT2D eigenvalue weighted by Crippen LogP contribution is -2.44. The topological polar surface area (TPSA) is 29.5 Å². The number of carbonyl (C=O) groups excluding carboxylic acids is 1. The molecule has 2 rings (SSSR count). The van der Waals surface area contributed by atoms with Crippen LogP contribution in [-0.4, -0.2) is 23.6 Å². The van der Waals surface area contributed by atoms with Crippen LogP contribution in [0.15, 0.2) is 30.3 Å². The fourth-order valence-electron chi connectivity index (χ4n) is 1.94. The third-order valence-corrected chi connectivity index (χ3v) is 3.22. The van der Waals surface area contributed by atoms with E-state index in [1.54, 1.807) is 4.90 Å². The molecule has 0 heterocycles. The molecule has 0 N–H and O–H groups in total. The zero-order valence-corrected chi connectivity index (χ0v) is 10.3. The molecule has 0 atom stereocenters. The van der Waals surface area contributed by atoms with Crippen molar-refractivity contribution in [1.82, 2.24) is 4.90 Å². The number of hydrogen-bond acceptors (Lipinski definition) is 2. The molecule has 3 heteroatoms. The Morgan fingerprint density at radius 2 is 2.11 bits per heavy atom. The van der Waals surface area contributed by atoms with Crippen LogP contribution in [0.2, 0.25) is 0 Å². The van der Waals surface area contributed by atoms with Crippen LogP contribution in [0.4, 0.5) is 4.79 Å². The van der Waals surface area contributed by atoms with Crippen LogP contribution in [-0.2, 0) is 11.3 Å². The lowest BCUT2D eigenvalue weighted by Gasteiger charge is -2.35. The number of carbonyl (C=O) groups is 1. The highest BCUT2D eigenvalue weighted by atomic mass is 16.6. The second kappa shape index (κ2) is 6.11. The maximum atomic E-state index is 11.9. The standard InChI is InChI=1S/C15H17NO2/c1-2-11-16(14-9-6-10-14)15(17)18-12-13-7-4-3-5-8-13/h1,3-5,7-8,14H,6,9-12H2. The summed E-state index contributed by atoms with van der Waals surface area (Å²) in [4.78, 5) is 13.6. The number of benzene rings is 1. The van der Waals surface area contributed by atoms with Crippen molar-refractivity contribution in [3.05, 3.63) is 35.9 Å². The summed E-state index contributed by atoms with van der Waals surface area (Å²) in [5, 5.41) is 0. The third kappa shape index (κ3) is 3.04. The largest absolute Gasteiger partial charge is 0.445 e. The zero-order chi connectivity index (χ0) is 12.8. The van der Waals surface area contributed by atoms with Gasteiger partial charge in [0, 0.05) is 6.04 Å². The second-order valence-corrected chi connectivity index (χ2v) is 4.46. The molecule has 3 nitrogen and oxygen atoms in total. The van der Waals surface area contributed by atoms with Crippen molar-refractivity contribution in [3.8, 4) is 12.3 Å². The molecule has 1 aromatic rings. The maximum Gasteiger partial charge on any atom is 0.411 e. The first-order valence-corrected chi connectivity index (χ1v) is 6.22. The number of terminal acetylenes is 1. The van der Waals surface area contributed by atoms with E-state index >= 15 is 0 Å². The molecule has 0 bridgehead atoms. The van der Waals surface area contributed by atoms with Crippen LogP contribution in [0.5, 0.6) is 0 Å². The molecule has 1 aliphatic rings. The molecule has 0 aliphatic heterocycles. The minimum Gasteiger partial charge on any atom is -0.445 e. The Kier molecular flexibility index (Phi) is 4.25. The van der Waals surface area contributed by atoms with E-state index in [1.807, 2.05) is 30.3 Å². The summed E-state index contributed by atoms with van der Waals surface area (Å²) in [5.74, 6) is 2.52. The molecular weight excluding hydrogens is 226 g/mol. The fraction of sp³-hybridized carbons (Fsp3) is 0.400. The molecule has 1 aliphatic carbocycles. The molecule has 0 unspecified atom stereocenters. The molecule has 1 amide bonds. The maximum absolute atomic E-state index is 11.9. The van der Waals surface area contributed by atoms with E-state index < -0.39 is 0 Å². The van der Waals surface area contributed by atoms with Crippen molar-refractivity contribution in [2.75, 3.05) is 6.54 Å². The summed E-state index contributed by atoms with van der Waals surface area (Å²) in [6, 6.07) is 9.92. The molecule has 0 aromatic heterocycles. The molecular formula is C15H17NO2. The normalized spacial score (nSPS) is 14.4. The lowest BCUT2D eigenvalue weighted by atomic mass is 9.92. The first-order valence-electron chi connectivity index (χ1n) is 6.22. The quantitative estimate of drug-likeness (QED) is 0.761. The van der Waals surface area contributed by atoms with Crippen molar-refractivity contribution in [3.63, 3.8) is 0 Å². The summed E-state index contributed by atoms with van der Waals surface area (Å²) in [5.41, 5.74) is 0.986. The third-order valence-electron chi connectivity index (χ3n) is 3.22. The second-order valence-electron chi connectivity index (χ2n) is 4.46. The highest BCUT2D eigenvalue weighted by molar-refractivity contribution is 5.68. The van der Waals surface area contributed by atoms with E-state index in [0.717, 1.165) is 24.8 Å². The lowest BCUT2D eigenvalue weighted by molar-refractivity contribution is 0.0689. The number of ether oxygens (including phenoxy) is 1. The Balaban J connectivity index is 1.87. The minimum absolute atomic E-state index is 0.268. The Hall–Kier alpha value is -1.95. The van der Waals surface area contributed by atoms with Crippen LogP contribution < -0.4 is 0 Å². The molecule has 94 valence electrons. The highest BCUT2D eigenvalue weighted by Gasteiger charge is 2.29. The predicted molar refractivity (Wildman–Crippen MR) is 69.8 cm³/mol. The van der Waals surface area contributed by atoms with Crippen molar-refractivity contribution in [2.24, 2.45) is 0 Å². The van der Waals surface area contributed by atoms with Gasteiger partial charge in [-0.15, -0.1) is 6.42 Å². The summed E-state index contributed by atoms with van der Waals surface area (Å²) in [7, 11) is 0. The van der Waals surface area contributed by atoms with Crippen molar-refractivity contribution < 1.29 is 9.53 Å². The molecule has 0 radical (unpaired) electrons. The van der Waals surface area contributed by atoms with E-state index in [9.17, 15) is 4.79 Å². The van der Waals surface area contributed by atoms with Gasteiger partial charge in [-0.05, 0) is 24.8 Å². The molecule has 0 spiro atoms. The van der Waals surface area contributed by atoms with Gasteiger partial charge in [-0.3, -0.25) is 4.90 Å². The van der Waals surface area contributed by atoms with Gasteiger partial charge in [0.15, 0.2) is 0 Å². The minimum atomic E-state index is -0.304. The summed E-state index contributed by atoms with van der Waals surface area (Å²) in [6.07, 6.45) is 8.21. The molecule has 1 saturated carbocycles. The van der Waals surface area contributed by atoms with Crippen LogP contribution >= 0.6 is 0 Å². The van der Waals surface area contributed by atoms with Crippen LogP contribution in [0, 0.1) is 12.3 Å². The first-order chi connectivity index (χ1) is 8.81. The van der Waals surface area contributed by atoms with E-state index in [4.69, 9.17) is 11.2 Å². The molecule has 1 fully saturated rings. The molecule has 1 aromatic carbocycles. The Morgan fingerprint density at radius 3 is 2.67 bits per heavy atom. The summed E-state index contributed by atoms with van der Waals surface area (Å²) >= 11 is 0. The summed E-state index contributed by atoms with van der Waals surface area (Å²) < 4.78 is 5.29. The van der Waals surface area contributed by atoms with Gasteiger partial charge in [-0.25, -0.2) is 4.79 Å². The van der Waals surface area contributed by atoms with E-state index in [-0.39, 0.29) is 12.1 Å². The SMILES string of the molecule is C#CCN(C(=O)OCc1ccccc1)C1CCC1. The van der Waals surface area contributed by atoms with Crippen LogP contribution in [0.1, 0.15) is 24.8 Å².